The predicted octanol–water partition coefficient (Wildman–Crippen LogP) is 3.97. The van der Waals surface area contributed by atoms with Gasteiger partial charge in [-0.1, -0.05) is 23.7 Å². The second-order valence-electron chi connectivity index (χ2n) is 4.63. The van der Waals surface area contributed by atoms with E-state index in [-0.39, 0.29) is 17.3 Å². The molecule has 1 aliphatic rings. The Hall–Kier alpha value is -2.26. The van der Waals surface area contributed by atoms with Crippen molar-refractivity contribution in [3.05, 3.63) is 63.9 Å². The zero-order valence-corrected chi connectivity index (χ0v) is 11.4. The van der Waals surface area contributed by atoms with Gasteiger partial charge in [0.05, 0.1) is 5.56 Å². The Balaban J connectivity index is 2.04. The number of ketones is 1. The maximum Gasteiger partial charge on any atom is 0.232 e. The fourth-order valence-corrected chi connectivity index (χ4v) is 2.44. The van der Waals surface area contributed by atoms with E-state index in [1.54, 1.807) is 37.3 Å². The first-order valence-electron chi connectivity index (χ1n) is 6.08. The first-order chi connectivity index (χ1) is 9.54. The number of ether oxygens (including phenoxy) is 1. The summed E-state index contributed by atoms with van der Waals surface area (Å²) in [6.45, 7) is 1.77. The number of hydrogen-bond acceptors (Lipinski definition) is 3. The number of halogens is 1. The van der Waals surface area contributed by atoms with Gasteiger partial charge >= 0.3 is 0 Å². The summed E-state index contributed by atoms with van der Waals surface area (Å²) in [5, 5.41) is 10.1. The van der Waals surface area contributed by atoms with Crippen molar-refractivity contribution in [2.75, 3.05) is 0 Å². The molecule has 3 nitrogen and oxygen atoms in total. The van der Waals surface area contributed by atoms with Gasteiger partial charge in [0.25, 0.3) is 0 Å². The summed E-state index contributed by atoms with van der Waals surface area (Å²) < 4.78 is 5.53. The monoisotopic (exact) mass is 286 g/mol. The lowest BCUT2D eigenvalue weighted by Crippen LogP contribution is -1.99. The number of rotatable bonds is 1. The number of benzene rings is 2. The third-order valence-corrected chi connectivity index (χ3v) is 3.34. The van der Waals surface area contributed by atoms with Gasteiger partial charge in [-0.3, -0.25) is 4.79 Å². The Morgan fingerprint density at radius 3 is 2.80 bits per heavy atom. The fraction of sp³-hybridized carbons (Fsp3) is 0.0625. The minimum Gasteiger partial charge on any atom is -0.508 e. The van der Waals surface area contributed by atoms with Crippen LogP contribution in [0.1, 0.15) is 21.5 Å². The van der Waals surface area contributed by atoms with Crippen LogP contribution in [0.25, 0.3) is 6.08 Å². The number of allylic oxidation sites excluding steroid dienone is 1. The molecule has 0 atom stereocenters. The van der Waals surface area contributed by atoms with Crippen LogP contribution in [-0.2, 0) is 0 Å². The lowest BCUT2D eigenvalue weighted by atomic mass is 10.0. The summed E-state index contributed by atoms with van der Waals surface area (Å²) in [5.41, 5.74) is 1.98. The molecule has 4 heteroatoms. The Bertz CT molecular complexity index is 747. The topological polar surface area (TPSA) is 46.5 Å². The number of Topliss-reactive ketones (excluding diaryl/α,β-unsaturated/α-hetero) is 1. The molecule has 0 aliphatic carbocycles. The Kier molecular flexibility index (Phi) is 2.99. The molecule has 0 radical (unpaired) electrons. The van der Waals surface area contributed by atoms with Crippen molar-refractivity contribution in [1.29, 1.82) is 0 Å². The average molecular weight is 287 g/mol. The highest BCUT2D eigenvalue weighted by Crippen LogP contribution is 2.37. The van der Waals surface area contributed by atoms with Crippen molar-refractivity contribution < 1.29 is 14.6 Å². The number of aryl methyl sites for hydroxylation is 1. The van der Waals surface area contributed by atoms with Crippen LogP contribution >= 0.6 is 11.6 Å². The van der Waals surface area contributed by atoms with Crippen LogP contribution in [0.15, 0.2) is 42.2 Å². The maximum absolute atomic E-state index is 12.3. The molecule has 1 heterocycles. The van der Waals surface area contributed by atoms with E-state index in [1.165, 1.54) is 6.07 Å². The fourth-order valence-electron chi connectivity index (χ4n) is 2.24. The molecule has 1 aliphatic heterocycles. The van der Waals surface area contributed by atoms with Crippen LogP contribution in [0.4, 0.5) is 0 Å². The Morgan fingerprint density at radius 1 is 1.25 bits per heavy atom. The van der Waals surface area contributed by atoms with Gasteiger partial charge in [-0.2, -0.15) is 0 Å². The summed E-state index contributed by atoms with van der Waals surface area (Å²) in [6, 6.07) is 10.1. The molecule has 0 bridgehead atoms. The molecule has 0 spiro atoms. The van der Waals surface area contributed by atoms with Crippen molar-refractivity contribution in [2.45, 2.75) is 6.92 Å². The zero-order valence-electron chi connectivity index (χ0n) is 10.7. The van der Waals surface area contributed by atoms with Gasteiger partial charge in [0.1, 0.15) is 11.5 Å². The van der Waals surface area contributed by atoms with Crippen molar-refractivity contribution >= 4 is 23.5 Å². The lowest BCUT2D eigenvalue weighted by molar-refractivity contribution is 0.101. The molecular weight excluding hydrogens is 276 g/mol. The van der Waals surface area contributed by atoms with Crippen molar-refractivity contribution in [1.82, 2.24) is 0 Å². The Morgan fingerprint density at radius 2 is 2.05 bits per heavy atom. The third kappa shape index (κ3) is 2.17. The molecule has 100 valence electrons. The maximum atomic E-state index is 12.3. The van der Waals surface area contributed by atoms with Gasteiger partial charge in [-0.05, 0) is 42.3 Å². The largest absolute Gasteiger partial charge is 0.508 e. The van der Waals surface area contributed by atoms with Gasteiger partial charge in [-0.25, -0.2) is 0 Å². The van der Waals surface area contributed by atoms with Crippen LogP contribution in [-0.4, -0.2) is 10.9 Å². The Labute approximate surface area is 121 Å². The second-order valence-corrected chi connectivity index (χ2v) is 5.07. The summed E-state index contributed by atoms with van der Waals surface area (Å²) in [6.07, 6.45) is 1.64. The van der Waals surface area contributed by atoms with E-state index in [0.29, 0.717) is 21.9 Å². The number of carbonyl (C=O) groups is 1. The average Bonchev–Trinajstić information content (AvgIpc) is 2.66. The smallest absolute Gasteiger partial charge is 0.232 e. The van der Waals surface area contributed by atoms with Gasteiger partial charge in [0.15, 0.2) is 5.76 Å². The minimum absolute atomic E-state index is 0.0815. The van der Waals surface area contributed by atoms with E-state index in [9.17, 15) is 9.90 Å². The molecule has 2 aromatic carbocycles. The first kappa shape index (κ1) is 12.8. The number of carbonyl (C=O) groups excluding carboxylic acids is 1. The van der Waals surface area contributed by atoms with E-state index < -0.39 is 0 Å². The zero-order chi connectivity index (χ0) is 14.3. The quantitative estimate of drug-likeness (QED) is 0.807. The van der Waals surface area contributed by atoms with E-state index >= 15 is 0 Å². The molecule has 0 saturated heterocycles. The number of aromatic hydroxyl groups is 1. The first-order valence-corrected chi connectivity index (χ1v) is 6.46. The predicted molar refractivity (Wildman–Crippen MR) is 77.2 cm³/mol. The van der Waals surface area contributed by atoms with Crippen LogP contribution in [0, 0.1) is 6.92 Å². The highest BCUT2D eigenvalue weighted by atomic mass is 35.5. The van der Waals surface area contributed by atoms with Crippen LogP contribution in [0.5, 0.6) is 11.5 Å². The molecule has 0 amide bonds. The van der Waals surface area contributed by atoms with Crippen molar-refractivity contribution in [3.8, 4) is 11.5 Å². The molecule has 2 aromatic rings. The summed E-state index contributed by atoms with van der Waals surface area (Å²) >= 11 is 5.91. The van der Waals surface area contributed by atoms with E-state index in [4.69, 9.17) is 16.3 Å². The van der Waals surface area contributed by atoms with Gasteiger partial charge in [0.2, 0.25) is 5.78 Å². The van der Waals surface area contributed by atoms with Gasteiger partial charge in [0, 0.05) is 11.1 Å². The van der Waals surface area contributed by atoms with Crippen LogP contribution < -0.4 is 4.74 Å². The van der Waals surface area contributed by atoms with Crippen LogP contribution in [0.2, 0.25) is 5.02 Å². The molecule has 0 unspecified atom stereocenters. The molecule has 0 fully saturated rings. The van der Waals surface area contributed by atoms with E-state index in [1.807, 2.05) is 6.07 Å². The molecule has 1 N–H and O–H groups in total. The molecular formula is C16H11ClO3. The van der Waals surface area contributed by atoms with Crippen LogP contribution in [0.3, 0.4) is 0 Å². The van der Waals surface area contributed by atoms with Crippen molar-refractivity contribution in [2.24, 2.45) is 0 Å². The standard InChI is InChI=1S/C16H11ClO3/c1-9-5-12(18)8-13-15(9)16(19)14(20-13)7-10-3-2-4-11(17)6-10/h2-8,18H,1H3. The molecule has 20 heavy (non-hydrogen) atoms. The van der Waals surface area contributed by atoms with Gasteiger partial charge in [-0.15, -0.1) is 0 Å². The summed E-state index contributed by atoms with van der Waals surface area (Å²) in [7, 11) is 0. The number of phenols is 1. The third-order valence-electron chi connectivity index (χ3n) is 3.10. The number of fused-ring (bicyclic) bond motifs is 1. The summed E-state index contributed by atoms with van der Waals surface area (Å²) in [4.78, 5) is 12.3. The van der Waals surface area contributed by atoms with E-state index in [0.717, 1.165) is 5.56 Å². The minimum atomic E-state index is -0.183. The SMILES string of the molecule is Cc1cc(O)cc2c1C(=O)C(=Cc1cccc(Cl)c1)O2. The molecule has 0 aromatic heterocycles. The second kappa shape index (κ2) is 4.69. The normalized spacial score (nSPS) is 15.3. The highest BCUT2D eigenvalue weighted by molar-refractivity contribution is 6.30. The molecule has 0 saturated carbocycles. The number of hydrogen-bond donors (Lipinski definition) is 1. The highest BCUT2D eigenvalue weighted by Gasteiger charge is 2.29. The van der Waals surface area contributed by atoms with Crippen molar-refractivity contribution in [3.63, 3.8) is 0 Å². The lowest BCUT2D eigenvalue weighted by Gasteiger charge is -2.01. The number of phenolic OH excluding ortho intramolecular Hbond substituents is 1. The summed E-state index contributed by atoms with van der Waals surface area (Å²) in [5.74, 6) is 0.521. The van der Waals surface area contributed by atoms with E-state index in [2.05, 4.69) is 0 Å². The molecule has 3 rings (SSSR count). The van der Waals surface area contributed by atoms with Gasteiger partial charge < -0.3 is 9.84 Å².